The summed E-state index contributed by atoms with van der Waals surface area (Å²) in [5, 5.41) is 4.89. The Morgan fingerprint density at radius 3 is 2.72 bits per heavy atom. The Bertz CT molecular complexity index is 485. The Morgan fingerprint density at radius 2 is 1.94 bits per heavy atom. The summed E-state index contributed by atoms with van der Waals surface area (Å²) in [6.45, 7) is 7.73. The van der Waals surface area contributed by atoms with Crippen molar-refractivity contribution in [1.82, 2.24) is 9.88 Å². The lowest BCUT2D eigenvalue weighted by Crippen LogP contribution is -2.16. The van der Waals surface area contributed by atoms with E-state index in [1.54, 1.807) is 0 Å². The second-order valence-corrected chi connectivity index (χ2v) is 4.81. The van der Waals surface area contributed by atoms with Crippen molar-refractivity contribution in [3.8, 4) is 0 Å². The van der Waals surface area contributed by atoms with E-state index in [1.165, 1.54) is 35.7 Å². The van der Waals surface area contributed by atoms with Crippen molar-refractivity contribution in [2.75, 3.05) is 13.1 Å². The minimum atomic E-state index is 1.05. The summed E-state index contributed by atoms with van der Waals surface area (Å²) in [5.41, 5.74) is 2.86. The van der Waals surface area contributed by atoms with Gasteiger partial charge in [-0.3, -0.25) is 0 Å². The molecule has 2 rings (SSSR count). The van der Waals surface area contributed by atoms with E-state index in [9.17, 15) is 0 Å². The number of benzene rings is 1. The van der Waals surface area contributed by atoms with Crippen LogP contribution < -0.4 is 5.32 Å². The molecule has 1 aromatic heterocycles. The number of hydrogen-bond donors (Lipinski definition) is 1. The van der Waals surface area contributed by atoms with E-state index in [4.69, 9.17) is 0 Å². The second kappa shape index (κ2) is 6.60. The van der Waals surface area contributed by atoms with Gasteiger partial charge in [0.25, 0.3) is 0 Å². The lowest BCUT2D eigenvalue weighted by atomic mass is 10.1. The normalized spacial score (nSPS) is 11.2. The first kappa shape index (κ1) is 13.2. The van der Waals surface area contributed by atoms with E-state index in [0.717, 1.165) is 19.6 Å². The fourth-order valence-electron chi connectivity index (χ4n) is 2.49. The maximum absolute atomic E-state index is 3.47. The molecule has 0 saturated heterocycles. The number of rotatable bonds is 7. The second-order valence-electron chi connectivity index (χ2n) is 4.81. The summed E-state index contributed by atoms with van der Waals surface area (Å²) in [6.07, 6.45) is 5.93. The zero-order valence-corrected chi connectivity index (χ0v) is 11.6. The molecule has 0 fully saturated rings. The highest BCUT2D eigenvalue weighted by atomic mass is 14.9. The Labute approximate surface area is 110 Å². The molecule has 0 aliphatic heterocycles. The summed E-state index contributed by atoms with van der Waals surface area (Å²) in [4.78, 5) is 0. The van der Waals surface area contributed by atoms with Crippen LogP contribution >= 0.6 is 0 Å². The van der Waals surface area contributed by atoms with E-state index in [1.807, 2.05) is 0 Å². The summed E-state index contributed by atoms with van der Waals surface area (Å²) >= 11 is 0. The topological polar surface area (TPSA) is 17.0 Å². The van der Waals surface area contributed by atoms with Crippen molar-refractivity contribution >= 4 is 10.9 Å². The zero-order chi connectivity index (χ0) is 12.8. The largest absolute Gasteiger partial charge is 0.347 e. The number of aryl methyl sites for hydroxylation is 2. The highest BCUT2D eigenvalue weighted by Gasteiger charge is 2.06. The van der Waals surface area contributed by atoms with Gasteiger partial charge in [0.2, 0.25) is 0 Å². The Balaban J connectivity index is 2.04. The number of fused-ring (bicyclic) bond motifs is 1. The van der Waals surface area contributed by atoms with Crippen molar-refractivity contribution in [2.24, 2.45) is 0 Å². The molecule has 2 nitrogen and oxygen atoms in total. The molecule has 0 unspecified atom stereocenters. The maximum atomic E-state index is 3.47. The highest BCUT2D eigenvalue weighted by Crippen LogP contribution is 2.22. The van der Waals surface area contributed by atoms with Crippen molar-refractivity contribution < 1.29 is 0 Å². The SMILES string of the molecule is CCCNCCCc1cn(CC)c2ccccc12. The maximum Gasteiger partial charge on any atom is 0.0483 e. The number of aromatic nitrogens is 1. The molecule has 0 bridgehead atoms. The van der Waals surface area contributed by atoms with Gasteiger partial charge >= 0.3 is 0 Å². The van der Waals surface area contributed by atoms with E-state index >= 15 is 0 Å². The molecule has 0 atom stereocenters. The lowest BCUT2D eigenvalue weighted by molar-refractivity contribution is 0.640. The van der Waals surface area contributed by atoms with Crippen LogP contribution in [0.25, 0.3) is 10.9 Å². The van der Waals surface area contributed by atoms with Crippen molar-refractivity contribution in [3.63, 3.8) is 0 Å². The van der Waals surface area contributed by atoms with Crippen LogP contribution in [0.15, 0.2) is 30.5 Å². The van der Waals surface area contributed by atoms with E-state index in [2.05, 4.69) is 54.2 Å². The molecule has 0 radical (unpaired) electrons. The first-order chi connectivity index (χ1) is 8.86. The first-order valence-corrected chi connectivity index (χ1v) is 7.14. The van der Waals surface area contributed by atoms with Gasteiger partial charge in [0.15, 0.2) is 0 Å². The minimum Gasteiger partial charge on any atom is -0.347 e. The highest BCUT2D eigenvalue weighted by molar-refractivity contribution is 5.83. The van der Waals surface area contributed by atoms with Crippen LogP contribution in [0.2, 0.25) is 0 Å². The summed E-state index contributed by atoms with van der Waals surface area (Å²) in [5.74, 6) is 0. The molecule has 98 valence electrons. The van der Waals surface area contributed by atoms with Crippen molar-refractivity contribution in [1.29, 1.82) is 0 Å². The van der Waals surface area contributed by atoms with Gasteiger partial charge in [-0.05, 0) is 50.9 Å². The fraction of sp³-hybridized carbons (Fsp3) is 0.500. The number of hydrogen-bond acceptors (Lipinski definition) is 1. The number of para-hydroxylation sites is 1. The van der Waals surface area contributed by atoms with E-state index in [-0.39, 0.29) is 0 Å². The molecule has 1 aromatic carbocycles. The molecule has 2 aromatic rings. The zero-order valence-electron chi connectivity index (χ0n) is 11.6. The summed E-state index contributed by atoms with van der Waals surface area (Å²) < 4.78 is 2.35. The molecule has 1 heterocycles. The average Bonchev–Trinajstić information content (AvgIpc) is 2.77. The molecular weight excluding hydrogens is 220 g/mol. The summed E-state index contributed by atoms with van der Waals surface area (Å²) in [6, 6.07) is 8.73. The predicted molar refractivity (Wildman–Crippen MR) is 79.1 cm³/mol. The van der Waals surface area contributed by atoms with Gasteiger partial charge < -0.3 is 9.88 Å². The van der Waals surface area contributed by atoms with Crippen LogP contribution in [-0.4, -0.2) is 17.7 Å². The van der Waals surface area contributed by atoms with Crippen LogP contribution in [0.3, 0.4) is 0 Å². The third kappa shape index (κ3) is 2.94. The Hall–Kier alpha value is -1.28. The molecule has 18 heavy (non-hydrogen) atoms. The molecular formula is C16H24N2. The van der Waals surface area contributed by atoms with Crippen LogP contribution in [-0.2, 0) is 13.0 Å². The van der Waals surface area contributed by atoms with Crippen LogP contribution in [0.1, 0.15) is 32.3 Å². The van der Waals surface area contributed by atoms with Crippen LogP contribution in [0.4, 0.5) is 0 Å². The van der Waals surface area contributed by atoms with Crippen LogP contribution in [0.5, 0.6) is 0 Å². The molecule has 1 N–H and O–H groups in total. The van der Waals surface area contributed by atoms with Crippen molar-refractivity contribution in [3.05, 3.63) is 36.0 Å². The smallest absolute Gasteiger partial charge is 0.0483 e. The van der Waals surface area contributed by atoms with Crippen LogP contribution in [0, 0.1) is 0 Å². The predicted octanol–water partition coefficient (Wildman–Crippen LogP) is 3.59. The molecule has 0 aliphatic rings. The fourth-order valence-corrected chi connectivity index (χ4v) is 2.49. The average molecular weight is 244 g/mol. The standard InChI is InChI=1S/C16H24N2/c1-3-11-17-12-7-8-14-13-18(4-2)16-10-6-5-9-15(14)16/h5-6,9-10,13,17H,3-4,7-8,11-12H2,1-2H3. The molecule has 2 heteroatoms. The monoisotopic (exact) mass is 244 g/mol. The quantitative estimate of drug-likeness (QED) is 0.736. The van der Waals surface area contributed by atoms with Gasteiger partial charge in [-0.1, -0.05) is 25.1 Å². The lowest BCUT2D eigenvalue weighted by Gasteiger charge is -2.02. The minimum absolute atomic E-state index is 1.05. The van der Waals surface area contributed by atoms with E-state index in [0.29, 0.717) is 0 Å². The van der Waals surface area contributed by atoms with Gasteiger partial charge in [0.05, 0.1) is 0 Å². The van der Waals surface area contributed by atoms with Gasteiger partial charge in [-0.25, -0.2) is 0 Å². The Morgan fingerprint density at radius 1 is 1.11 bits per heavy atom. The molecule has 0 spiro atoms. The molecule has 0 saturated carbocycles. The van der Waals surface area contributed by atoms with Crippen molar-refractivity contribution in [2.45, 2.75) is 39.7 Å². The third-order valence-corrected chi connectivity index (χ3v) is 3.44. The third-order valence-electron chi connectivity index (χ3n) is 3.44. The van der Waals surface area contributed by atoms with Gasteiger partial charge in [-0.15, -0.1) is 0 Å². The Kier molecular flexibility index (Phi) is 4.82. The summed E-state index contributed by atoms with van der Waals surface area (Å²) in [7, 11) is 0. The number of nitrogens with zero attached hydrogens (tertiary/aromatic N) is 1. The first-order valence-electron chi connectivity index (χ1n) is 7.14. The van der Waals surface area contributed by atoms with Gasteiger partial charge in [0, 0.05) is 23.6 Å². The van der Waals surface area contributed by atoms with Gasteiger partial charge in [0.1, 0.15) is 0 Å². The van der Waals surface area contributed by atoms with Gasteiger partial charge in [-0.2, -0.15) is 0 Å². The number of nitrogens with one attached hydrogen (secondary N) is 1. The molecule has 0 aliphatic carbocycles. The van der Waals surface area contributed by atoms with E-state index < -0.39 is 0 Å². The molecule has 0 amide bonds.